The zero-order valence-corrected chi connectivity index (χ0v) is 30.6. The van der Waals surface area contributed by atoms with Crippen molar-refractivity contribution in [1.82, 2.24) is 0 Å². The average Bonchev–Trinajstić information content (AvgIpc) is 3.82. The Morgan fingerprint density at radius 3 is 1.82 bits per heavy atom. The Morgan fingerprint density at radius 2 is 0.982 bits per heavy atom. The van der Waals surface area contributed by atoms with E-state index >= 15 is 0 Å². The van der Waals surface area contributed by atoms with Crippen LogP contribution in [-0.4, -0.2) is 0 Å². The van der Waals surface area contributed by atoms with E-state index in [9.17, 15) is 0 Å². The summed E-state index contributed by atoms with van der Waals surface area (Å²) in [5.41, 5.74) is 12.4. The van der Waals surface area contributed by atoms with Gasteiger partial charge in [0.15, 0.2) is 0 Å². The van der Waals surface area contributed by atoms with Crippen molar-refractivity contribution in [3.8, 4) is 33.4 Å². The molecule has 258 valence electrons. The predicted octanol–water partition coefficient (Wildman–Crippen LogP) is 15.6. The summed E-state index contributed by atoms with van der Waals surface area (Å²) in [5.74, 6) is 0. The monoisotopic (exact) mass is 719 g/mol. The van der Waals surface area contributed by atoms with Crippen LogP contribution in [0, 0.1) is 0 Å². The molecule has 0 amide bonds. The Hall–Kier alpha value is -6.94. The van der Waals surface area contributed by atoms with E-state index < -0.39 is 0 Å². The van der Waals surface area contributed by atoms with Crippen molar-refractivity contribution in [2.45, 2.75) is 0 Å². The number of rotatable bonds is 6. The van der Waals surface area contributed by atoms with Crippen LogP contribution in [0.1, 0.15) is 0 Å². The molecule has 0 atom stereocenters. The Morgan fingerprint density at radius 1 is 0.345 bits per heavy atom. The van der Waals surface area contributed by atoms with E-state index in [0.29, 0.717) is 0 Å². The van der Waals surface area contributed by atoms with E-state index in [-0.39, 0.29) is 0 Å². The number of furan rings is 1. The number of fused-ring (bicyclic) bond motifs is 7. The molecule has 55 heavy (non-hydrogen) atoms. The van der Waals surface area contributed by atoms with Gasteiger partial charge in [0.2, 0.25) is 0 Å². The fourth-order valence-electron chi connectivity index (χ4n) is 8.21. The van der Waals surface area contributed by atoms with E-state index in [4.69, 9.17) is 4.42 Å². The first-order valence-corrected chi connectivity index (χ1v) is 19.5. The van der Waals surface area contributed by atoms with Crippen molar-refractivity contribution < 1.29 is 4.42 Å². The summed E-state index contributed by atoms with van der Waals surface area (Å²) < 4.78 is 8.87. The van der Waals surface area contributed by atoms with Crippen molar-refractivity contribution >= 4 is 81.3 Å². The molecular formula is C52H33NOS. The van der Waals surface area contributed by atoms with Crippen LogP contribution >= 0.6 is 11.3 Å². The van der Waals surface area contributed by atoms with E-state index in [2.05, 4.69) is 193 Å². The number of thiophene rings is 1. The van der Waals surface area contributed by atoms with Crippen molar-refractivity contribution in [1.29, 1.82) is 0 Å². The van der Waals surface area contributed by atoms with Crippen LogP contribution in [0.4, 0.5) is 17.1 Å². The van der Waals surface area contributed by atoms with E-state index in [0.717, 1.165) is 39.0 Å². The summed E-state index contributed by atoms with van der Waals surface area (Å²) in [6.45, 7) is 0. The van der Waals surface area contributed by atoms with Gasteiger partial charge in [0.25, 0.3) is 0 Å². The van der Waals surface area contributed by atoms with Crippen LogP contribution in [0.15, 0.2) is 205 Å². The van der Waals surface area contributed by atoms with E-state index in [1.165, 1.54) is 64.3 Å². The Labute approximate surface area is 322 Å². The lowest BCUT2D eigenvalue weighted by atomic mass is 9.96. The first kappa shape index (κ1) is 31.6. The summed E-state index contributed by atoms with van der Waals surface area (Å²) in [6, 6.07) is 72.2. The molecule has 11 rings (SSSR count). The third kappa shape index (κ3) is 5.40. The van der Waals surface area contributed by atoms with Crippen LogP contribution < -0.4 is 4.90 Å². The maximum absolute atomic E-state index is 6.23. The number of anilines is 3. The molecule has 0 N–H and O–H groups in total. The molecule has 2 aromatic heterocycles. The van der Waals surface area contributed by atoms with Gasteiger partial charge in [-0.05, 0) is 105 Å². The standard InChI is InChI=1S/C52H33NOS/c1-2-11-34(12-3-1)35-23-27-39(28-24-35)53(41-15-8-13-37(31-41)43-19-10-20-46-45-17-5-7-22-51(45)55-52(43)46)40-29-25-36(26-30-40)42-18-9-14-38-32-50-48(33-47(38)42)44-16-4-6-21-49(44)54-50/h1-33H. The third-order valence-electron chi connectivity index (χ3n) is 10.9. The lowest BCUT2D eigenvalue weighted by molar-refractivity contribution is 0.669. The van der Waals surface area contributed by atoms with Crippen LogP contribution in [0.25, 0.3) is 86.3 Å². The molecule has 3 heteroatoms. The molecule has 0 fully saturated rings. The summed E-state index contributed by atoms with van der Waals surface area (Å²) in [7, 11) is 0. The van der Waals surface area contributed by atoms with Gasteiger partial charge in [0.05, 0.1) is 0 Å². The number of para-hydroxylation sites is 1. The highest BCUT2D eigenvalue weighted by Gasteiger charge is 2.17. The zero-order valence-electron chi connectivity index (χ0n) is 29.8. The molecule has 0 saturated carbocycles. The molecule has 0 unspecified atom stereocenters. The first-order valence-electron chi connectivity index (χ1n) is 18.7. The molecule has 0 radical (unpaired) electrons. The van der Waals surface area contributed by atoms with E-state index in [1.807, 2.05) is 23.5 Å². The predicted molar refractivity (Wildman–Crippen MR) is 235 cm³/mol. The quantitative estimate of drug-likeness (QED) is 0.170. The Bertz CT molecular complexity index is 3190. The highest BCUT2D eigenvalue weighted by atomic mass is 32.1. The SMILES string of the molecule is c1ccc(-c2ccc(N(c3ccc(-c4cccc5cc6oc7ccccc7c6cc45)cc3)c3cccc(-c4cccc5c4sc4ccccc45)c3)cc2)cc1. The lowest BCUT2D eigenvalue weighted by Gasteiger charge is -2.26. The third-order valence-corrected chi connectivity index (χ3v) is 12.1. The summed E-state index contributed by atoms with van der Waals surface area (Å²) in [4.78, 5) is 2.37. The second-order valence-corrected chi connectivity index (χ2v) is 15.2. The second kappa shape index (κ2) is 12.9. The Balaban J connectivity index is 1.03. The number of hydrogen-bond donors (Lipinski definition) is 0. The largest absolute Gasteiger partial charge is 0.456 e. The molecule has 0 bridgehead atoms. The second-order valence-electron chi connectivity index (χ2n) is 14.1. The molecule has 0 spiro atoms. The fourth-order valence-corrected chi connectivity index (χ4v) is 9.44. The van der Waals surface area contributed by atoms with Crippen molar-refractivity contribution in [3.05, 3.63) is 200 Å². The highest BCUT2D eigenvalue weighted by Crippen LogP contribution is 2.43. The first-order chi connectivity index (χ1) is 27.2. The highest BCUT2D eigenvalue weighted by molar-refractivity contribution is 7.26. The minimum atomic E-state index is 0.917. The van der Waals surface area contributed by atoms with Crippen molar-refractivity contribution in [2.24, 2.45) is 0 Å². The van der Waals surface area contributed by atoms with Gasteiger partial charge in [0.1, 0.15) is 11.2 Å². The van der Waals surface area contributed by atoms with Crippen LogP contribution in [0.3, 0.4) is 0 Å². The smallest absolute Gasteiger partial charge is 0.136 e. The molecule has 9 aromatic carbocycles. The van der Waals surface area contributed by atoms with Gasteiger partial charge >= 0.3 is 0 Å². The molecule has 2 heterocycles. The minimum absolute atomic E-state index is 0.917. The fraction of sp³-hybridized carbons (Fsp3) is 0. The average molecular weight is 720 g/mol. The molecule has 0 aliphatic heterocycles. The number of nitrogens with zero attached hydrogens (tertiary/aromatic N) is 1. The molecular weight excluding hydrogens is 687 g/mol. The van der Waals surface area contributed by atoms with Gasteiger partial charge in [-0.15, -0.1) is 11.3 Å². The molecule has 0 aliphatic rings. The molecule has 2 nitrogen and oxygen atoms in total. The maximum Gasteiger partial charge on any atom is 0.136 e. The topological polar surface area (TPSA) is 16.4 Å². The molecule has 0 saturated heterocycles. The maximum atomic E-state index is 6.23. The molecule has 11 aromatic rings. The van der Waals surface area contributed by atoms with Crippen LogP contribution in [-0.2, 0) is 0 Å². The van der Waals surface area contributed by atoms with Crippen molar-refractivity contribution in [3.63, 3.8) is 0 Å². The van der Waals surface area contributed by atoms with Gasteiger partial charge in [0, 0.05) is 48.0 Å². The number of hydrogen-bond acceptors (Lipinski definition) is 3. The van der Waals surface area contributed by atoms with Crippen molar-refractivity contribution in [2.75, 3.05) is 4.90 Å². The minimum Gasteiger partial charge on any atom is -0.456 e. The van der Waals surface area contributed by atoms with Gasteiger partial charge in [-0.25, -0.2) is 0 Å². The summed E-state index contributed by atoms with van der Waals surface area (Å²) in [5, 5.41) is 7.29. The van der Waals surface area contributed by atoms with Crippen LogP contribution in [0.5, 0.6) is 0 Å². The van der Waals surface area contributed by atoms with Gasteiger partial charge < -0.3 is 9.32 Å². The molecule has 0 aliphatic carbocycles. The van der Waals surface area contributed by atoms with Gasteiger partial charge in [-0.1, -0.05) is 140 Å². The van der Waals surface area contributed by atoms with Gasteiger partial charge in [-0.3, -0.25) is 0 Å². The normalized spacial score (nSPS) is 11.6. The Kier molecular flexibility index (Phi) is 7.39. The lowest BCUT2D eigenvalue weighted by Crippen LogP contribution is -2.10. The van der Waals surface area contributed by atoms with Crippen LogP contribution in [0.2, 0.25) is 0 Å². The summed E-state index contributed by atoms with van der Waals surface area (Å²) in [6.07, 6.45) is 0. The number of benzene rings is 9. The zero-order chi connectivity index (χ0) is 36.3. The summed E-state index contributed by atoms with van der Waals surface area (Å²) >= 11 is 1.87. The van der Waals surface area contributed by atoms with E-state index in [1.54, 1.807) is 0 Å². The van der Waals surface area contributed by atoms with Gasteiger partial charge in [-0.2, -0.15) is 0 Å².